The van der Waals surface area contributed by atoms with Crippen LogP contribution in [0.3, 0.4) is 0 Å². The molecule has 3 heterocycles. The van der Waals surface area contributed by atoms with Gasteiger partial charge in [0.05, 0.1) is 18.4 Å². The smallest absolute Gasteiger partial charge is 0.227 e. The fourth-order valence-electron chi connectivity index (χ4n) is 5.69. The quantitative estimate of drug-likeness (QED) is 0.525. The van der Waals surface area contributed by atoms with Gasteiger partial charge >= 0.3 is 0 Å². The summed E-state index contributed by atoms with van der Waals surface area (Å²) in [5.41, 5.74) is 1.04. The van der Waals surface area contributed by atoms with Crippen molar-refractivity contribution in [2.45, 2.75) is 32.1 Å². The number of hydrogen-bond donors (Lipinski definition) is 3. The topological polar surface area (TPSA) is 107 Å². The molecule has 4 atom stereocenters. The summed E-state index contributed by atoms with van der Waals surface area (Å²) in [6.07, 6.45) is 8.63. The summed E-state index contributed by atoms with van der Waals surface area (Å²) in [7, 11) is 0. The minimum absolute atomic E-state index is 0.0945. The number of fused-ring (bicyclic) bond motifs is 2. The first kappa shape index (κ1) is 23.0. The van der Waals surface area contributed by atoms with Gasteiger partial charge < -0.3 is 20.6 Å². The molecular weight excluding hydrogens is 450 g/mol. The van der Waals surface area contributed by atoms with E-state index < -0.39 is 0 Å². The molecule has 5 rings (SSSR count). The maximum atomic E-state index is 13.5. The lowest BCUT2D eigenvalue weighted by molar-refractivity contribution is -0.143. The summed E-state index contributed by atoms with van der Waals surface area (Å²) in [6, 6.07) is 6.02. The van der Waals surface area contributed by atoms with Gasteiger partial charge in [-0.05, 0) is 50.2 Å². The van der Waals surface area contributed by atoms with Gasteiger partial charge in [-0.15, -0.1) is 11.3 Å². The monoisotopic (exact) mass is 481 g/mol. The van der Waals surface area contributed by atoms with Gasteiger partial charge in [-0.25, -0.2) is 9.97 Å². The van der Waals surface area contributed by atoms with Crippen molar-refractivity contribution >= 4 is 34.1 Å². The Balaban J connectivity index is 1.21. The van der Waals surface area contributed by atoms with E-state index in [1.807, 2.05) is 30.2 Å². The number of nitrogens with zero attached hydrogens (tertiary/aromatic N) is 3. The van der Waals surface area contributed by atoms with Crippen LogP contribution in [0.25, 0.3) is 0 Å². The normalized spacial score (nSPS) is 26.1. The Bertz CT molecular complexity index is 1080. The van der Waals surface area contributed by atoms with Crippen LogP contribution in [-0.4, -0.2) is 58.0 Å². The molecule has 34 heavy (non-hydrogen) atoms. The predicted molar refractivity (Wildman–Crippen MR) is 131 cm³/mol. The molecule has 2 amide bonds. The number of allylic oxidation sites excluding steroid dienone is 2. The molecule has 3 aliphatic rings. The number of carbonyl (C=O) groups excluding carboxylic acids is 2. The van der Waals surface area contributed by atoms with Crippen molar-refractivity contribution in [3.63, 3.8) is 0 Å². The van der Waals surface area contributed by atoms with Crippen LogP contribution >= 0.6 is 11.3 Å². The third-order valence-electron chi connectivity index (χ3n) is 7.31. The Hall–Kier alpha value is -2.78. The van der Waals surface area contributed by atoms with Crippen molar-refractivity contribution < 1.29 is 14.7 Å². The summed E-state index contributed by atoms with van der Waals surface area (Å²) < 4.78 is 0. The summed E-state index contributed by atoms with van der Waals surface area (Å²) in [5, 5.41) is 16.0. The number of aryl methyl sites for hydroxylation is 1. The van der Waals surface area contributed by atoms with Gasteiger partial charge in [-0.2, -0.15) is 0 Å². The zero-order valence-electron chi connectivity index (χ0n) is 19.3. The minimum atomic E-state index is -0.328. The molecule has 1 saturated heterocycles. The lowest BCUT2D eigenvalue weighted by atomic mass is 9.80. The third-order valence-corrected chi connectivity index (χ3v) is 8.14. The fourth-order valence-corrected chi connectivity index (χ4v) is 6.36. The van der Waals surface area contributed by atoms with Crippen molar-refractivity contribution in [2.75, 3.05) is 31.6 Å². The van der Waals surface area contributed by atoms with Crippen molar-refractivity contribution in [1.29, 1.82) is 0 Å². The molecule has 0 unspecified atom stereocenters. The van der Waals surface area contributed by atoms with Gasteiger partial charge in [0.25, 0.3) is 0 Å². The number of aromatic nitrogens is 2. The van der Waals surface area contributed by atoms with Gasteiger partial charge in [0, 0.05) is 42.3 Å². The standard InChI is InChI=1S/C25H31N5O3S/c1-15-14-27-25(34-15)29-20-4-2-3-19(28-20)16-7-10-30(11-8-16)24(33)22-18-6-5-17(13-18)21(22)23(32)26-9-12-31/h2-6,14,16-18,21-22,31H,7-13H2,1H3,(H,26,32)(H,27,28,29)/t17-,18-,21+,22+/m0/s1. The van der Waals surface area contributed by atoms with E-state index in [9.17, 15) is 9.59 Å². The van der Waals surface area contributed by atoms with Crippen molar-refractivity contribution in [3.8, 4) is 0 Å². The summed E-state index contributed by atoms with van der Waals surface area (Å²) in [5.74, 6) is 0.715. The Morgan fingerprint density at radius 3 is 2.65 bits per heavy atom. The van der Waals surface area contributed by atoms with Crippen LogP contribution < -0.4 is 10.6 Å². The molecule has 180 valence electrons. The van der Waals surface area contributed by atoms with Gasteiger partial charge in [0.1, 0.15) is 5.82 Å². The minimum Gasteiger partial charge on any atom is -0.395 e. The van der Waals surface area contributed by atoms with Crippen LogP contribution in [0.4, 0.5) is 10.9 Å². The van der Waals surface area contributed by atoms with Crippen molar-refractivity contribution in [2.24, 2.45) is 23.7 Å². The molecule has 3 N–H and O–H groups in total. The molecule has 2 aromatic heterocycles. The van der Waals surface area contributed by atoms with Crippen LogP contribution in [-0.2, 0) is 9.59 Å². The molecule has 2 aliphatic carbocycles. The number of thiazole rings is 1. The number of aliphatic hydroxyl groups is 1. The van der Waals surface area contributed by atoms with Gasteiger partial charge in [0.15, 0.2) is 5.13 Å². The molecule has 2 fully saturated rings. The number of carbonyl (C=O) groups is 2. The van der Waals surface area contributed by atoms with Crippen molar-refractivity contribution in [1.82, 2.24) is 20.2 Å². The van der Waals surface area contributed by atoms with Crippen LogP contribution in [0.2, 0.25) is 0 Å². The first-order chi connectivity index (χ1) is 16.5. The molecule has 0 spiro atoms. The lowest BCUT2D eigenvalue weighted by Crippen LogP contribution is -2.48. The van der Waals surface area contributed by atoms with Crippen LogP contribution in [0.5, 0.6) is 0 Å². The number of likely N-dealkylation sites (tertiary alicyclic amines) is 1. The maximum absolute atomic E-state index is 13.5. The van der Waals surface area contributed by atoms with Gasteiger partial charge in [-0.1, -0.05) is 18.2 Å². The molecule has 2 bridgehead atoms. The second-order valence-corrected chi connectivity index (χ2v) is 10.7. The summed E-state index contributed by atoms with van der Waals surface area (Å²) in [6.45, 7) is 3.52. The molecule has 2 aromatic rings. The van der Waals surface area contributed by atoms with E-state index in [1.165, 1.54) is 0 Å². The second kappa shape index (κ2) is 9.84. The number of anilines is 2. The number of amides is 2. The molecule has 9 heteroatoms. The molecule has 0 aromatic carbocycles. The first-order valence-electron chi connectivity index (χ1n) is 12.1. The number of hydrogen-bond acceptors (Lipinski definition) is 7. The fraction of sp³-hybridized carbons (Fsp3) is 0.520. The Morgan fingerprint density at radius 1 is 1.18 bits per heavy atom. The average molecular weight is 482 g/mol. The Morgan fingerprint density at radius 2 is 1.94 bits per heavy atom. The SMILES string of the molecule is Cc1cnc(Nc2cccc(C3CCN(C(=O)[C@H]4[C@H](C(=O)NCCO)[C@H]5C=C[C@H]4C5)CC3)n2)s1. The van der Waals surface area contributed by atoms with Gasteiger partial charge in [-0.3, -0.25) is 9.59 Å². The number of nitrogens with one attached hydrogen (secondary N) is 2. The van der Waals surface area contributed by atoms with E-state index in [1.54, 1.807) is 11.3 Å². The lowest BCUT2D eigenvalue weighted by Gasteiger charge is -2.36. The number of rotatable bonds is 7. The van der Waals surface area contributed by atoms with Crippen LogP contribution in [0, 0.1) is 30.6 Å². The Labute approximate surface area is 203 Å². The van der Waals surface area contributed by atoms with E-state index in [0.29, 0.717) is 19.0 Å². The predicted octanol–water partition coefficient (Wildman–Crippen LogP) is 2.84. The molecule has 1 saturated carbocycles. The maximum Gasteiger partial charge on any atom is 0.227 e. The first-order valence-corrected chi connectivity index (χ1v) is 12.9. The molecule has 8 nitrogen and oxygen atoms in total. The summed E-state index contributed by atoms with van der Waals surface area (Å²) >= 11 is 1.60. The third kappa shape index (κ3) is 4.59. The summed E-state index contributed by atoms with van der Waals surface area (Å²) in [4.78, 5) is 38.5. The molecule has 1 aliphatic heterocycles. The highest BCUT2D eigenvalue weighted by molar-refractivity contribution is 7.15. The highest BCUT2D eigenvalue weighted by Crippen LogP contribution is 2.49. The number of pyridine rings is 1. The average Bonchev–Trinajstić information content (AvgIpc) is 3.58. The zero-order valence-corrected chi connectivity index (χ0v) is 20.1. The van der Waals surface area contributed by atoms with Crippen molar-refractivity contribution in [3.05, 3.63) is 47.1 Å². The largest absolute Gasteiger partial charge is 0.395 e. The highest BCUT2D eigenvalue weighted by atomic mass is 32.1. The zero-order chi connectivity index (χ0) is 23.7. The Kier molecular flexibility index (Phi) is 6.65. The number of piperidine rings is 1. The van der Waals surface area contributed by atoms with Gasteiger partial charge in [0.2, 0.25) is 11.8 Å². The highest BCUT2D eigenvalue weighted by Gasteiger charge is 2.52. The van der Waals surface area contributed by atoms with Crippen LogP contribution in [0.15, 0.2) is 36.5 Å². The van der Waals surface area contributed by atoms with E-state index in [2.05, 4.69) is 33.8 Å². The second-order valence-electron chi connectivity index (χ2n) is 9.46. The van der Waals surface area contributed by atoms with E-state index in [4.69, 9.17) is 10.1 Å². The van der Waals surface area contributed by atoms with E-state index in [0.717, 1.165) is 40.8 Å². The number of aliphatic hydroxyl groups excluding tert-OH is 1. The molecule has 0 radical (unpaired) electrons. The van der Waals surface area contributed by atoms with E-state index >= 15 is 0 Å². The molecular formula is C25H31N5O3S. The van der Waals surface area contributed by atoms with Crippen LogP contribution in [0.1, 0.15) is 35.8 Å². The van der Waals surface area contributed by atoms with E-state index in [-0.39, 0.29) is 48.6 Å².